The first-order valence-corrected chi connectivity index (χ1v) is 10.4. The summed E-state index contributed by atoms with van der Waals surface area (Å²) < 4.78 is 8.69. The molecule has 2 aromatic heterocycles. The highest BCUT2D eigenvalue weighted by molar-refractivity contribution is 9.10. The molecule has 6 heteroatoms. The summed E-state index contributed by atoms with van der Waals surface area (Å²) in [7, 11) is 0. The summed E-state index contributed by atoms with van der Waals surface area (Å²) in [5.41, 5.74) is 3.53. The summed E-state index contributed by atoms with van der Waals surface area (Å²) in [4.78, 5) is 13.3. The minimum Gasteiger partial charge on any atom is -0.452 e. The fourth-order valence-corrected chi connectivity index (χ4v) is 3.86. The van der Waals surface area contributed by atoms with Gasteiger partial charge in [0.2, 0.25) is 5.78 Å². The van der Waals surface area contributed by atoms with Crippen molar-refractivity contribution in [2.75, 3.05) is 0 Å². The molecule has 0 aliphatic carbocycles. The van der Waals surface area contributed by atoms with Gasteiger partial charge in [0.25, 0.3) is 0 Å². The molecule has 0 bridgehead atoms. The number of halogens is 2. The van der Waals surface area contributed by atoms with Crippen LogP contribution in [0.25, 0.3) is 27.8 Å². The first-order valence-electron chi connectivity index (χ1n) is 9.23. The number of carbonyl (C=O) groups excluding carboxylic acids is 1. The summed E-state index contributed by atoms with van der Waals surface area (Å²) in [6.45, 7) is 0. The SMILES string of the molecule is O=C(c1ccc(Br)cc1)c1oc2ccc(Cl)cc2c1-c1cnn(-c2ccccc2)c1. The Kier molecular flexibility index (Phi) is 4.77. The van der Waals surface area contributed by atoms with Crippen molar-refractivity contribution in [3.05, 3.63) is 106 Å². The molecule has 4 nitrogen and oxygen atoms in total. The molecule has 5 rings (SSSR count). The molecule has 0 spiro atoms. The molecule has 5 aromatic rings. The van der Waals surface area contributed by atoms with Crippen LogP contribution in [0.1, 0.15) is 16.1 Å². The second-order valence-electron chi connectivity index (χ2n) is 6.79. The van der Waals surface area contributed by atoms with E-state index in [4.69, 9.17) is 16.0 Å². The zero-order valence-corrected chi connectivity index (χ0v) is 17.9. The average molecular weight is 478 g/mol. The topological polar surface area (TPSA) is 48.0 Å². The van der Waals surface area contributed by atoms with Gasteiger partial charge in [0.15, 0.2) is 5.76 Å². The van der Waals surface area contributed by atoms with Crippen LogP contribution in [0.2, 0.25) is 5.02 Å². The number of aromatic nitrogens is 2. The zero-order valence-electron chi connectivity index (χ0n) is 15.5. The van der Waals surface area contributed by atoms with Crippen LogP contribution in [-0.4, -0.2) is 15.6 Å². The zero-order chi connectivity index (χ0) is 20.7. The van der Waals surface area contributed by atoms with Crippen molar-refractivity contribution in [1.29, 1.82) is 0 Å². The maximum Gasteiger partial charge on any atom is 0.228 e. The number of furan rings is 1. The lowest BCUT2D eigenvalue weighted by Gasteiger charge is -2.02. The van der Waals surface area contributed by atoms with Crippen molar-refractivity contribution in [3.8, 4) is 16.8 Å². The Labute approximate surface area is 185 Å². The van der Waals surface area contributed by atoms with Gasteiger partial charge < -0.3 is 4.42 Å². The predicted octanol–water partition coefficient (Wildman–Crippen LogP) is 6.93. The molecule has 2 heterocycles. The number of carbonyl (C=O) groups is 1. The Hall–Kier alpha value is -3.15. The fourth-order valence-electron chi connectivity index (χ4n) is 3.42. The molecule has 0 N–H and O–H groups in total. The van der Waals surface area contributed by atoms with Crippen molar-refractivity contribution in [2.24, 2.45) is 0 Å². The molecule has 30 heavy (non-hydrogen) atoms. The monoisotopic (exact) mass is 476 g/mol. The largest absolute Gasteiger partial charge is 0.452 e. The second kappa shape index (κ2) is 7.59. The van der Waals surface area contributed by atoms with Gasteiger partial charge in [-0.3, -0.25) is 4.79 Å². The van der Waals surface area contributed by atoms with E-state index in [9.17, 15) is 4.79 Å². The number of ketones is 1. The molecular weight excluding hydrogens is 464 g/mol. The van der Waals surface area contributed by atoms with Crippen LogP contribution in [0.3, 0.4) is 0 Å². The third-order valence-corrected chi connectivity index (χ3v) is 5.62. The summed E-state index contributed by atoms with van der Waals surface area (Å²) in [5, 5.41) is 5.83. The van der Waals surface area contributed by atoms with E-state index in [2.05, 4.69) is 21.0 Å². The van der Waals surface area contributed by atoms with Crippen LogP contribution in [0.5, 0.6) is 0 Å². The Morgan fingerprint density at radius 1 is 1.00 bits per heavy atom. The van der Waals surface area contributed by atoms with Gasteiger partial charge >= 0.3 is 0 Å². The van der Waals surface area contributed by atoms with E-state index >= 15 is 0 Å². The van der Waals surface area contributed by atoms with Crippen molar-refractivity contribution in [3.63, 3.8) is 0 Å². The summed E-state index contributed by atoms with van der Waals surface area (Å²) in [5.74, 6) is 0.0690. The Morgan fingerprint density at radius 3 is 2.53 bits per heavy atom. The van der Waals surface area contributed by atoms with Crippen LogP contribution < -0.4 is 0 Å². The lowest BCUT2D eigenvalue weighted by atomic mass is 10.00. The number of fused-ring (bicyclic) bond motifs is 1. The molecule has 3 aromatic carbocycles. The highest BCUT2D eigenvalue weighted by Gasteiger charge is 2.24. The van der Waals surface area contributed by atoms with Crippen LogP contribution >= 0.6 is 27.5 Å². The normalized spacial score (nSPS) is 11.1. The molecule has 0 unspecified atom stereocenters. The summed E-state index contributed by atoms with van der Waals surface area (Å²) >= 11 is 9.65. The van der Waals surface area contributed by atoms with Crippen molar-refractivity contribution >= 4 is 44.3 Å². The van der Waals surface area contributed by atoms with Crippen LogP contribution in [0, 0.1) is 0 Å². The van der Waals surface area contributed by atoms with E-state index < -0.39 is 0 Å². The van der Waals surface area contributed by atoms with Gasteiger partial charge in [-0.15, -0.1) is 0 Å². The maximum absolute atomic E-state index is 13.3. The lowest BCUT2D eigenvalue weighted by molar-refractivity contribution is 0.101. The number of benzene rings is 3. The maximum atomic E-state index is 13.3. The number of rotatable bonds is 4. The number of para-hydroxylation sites is 1. The Balaban J connectivity index is 1.69. The molecule has 0 aliphatic rings. The molecule has 0 saturated carbocycles. The van der Waals surface area contributed by atoms with Crippen molar-refractivity contribution < 1.29 is 9.21 Å². The highest BCUT2D eigenvalue weighted by atomic mass is 79.9. The molecular formula is C24H14BrClN2O2. The van der Waals surface area contributed by atoms with Gasteiger partial charge in [0.05, 0.1) is 11.9 Å². The van der Waals surface area contributed by atoms with E-state index in [0.29, 0.717) is 21.7 Å². The number of hydrogen-bond donors (Lipinski definition) is 0. The van der Waals surface area contributed by atoms with Gasteiger partial charge in [-0.1, -0.05) is 45.7 Å². The standard InChI is InChI=1S/C24H14BrClN2O2/c25-17-8-6-15(7-9-17)23(29)24-22(20-12-18(26)10-11-21(20)30-24)16-13-27-28(14-16)19-4-2-1-3-5-19/h1-14H. The van der Waals surface area contributed by atoms with E-state index in [1.165, 1.54) is 0 Å². The molecule has 0 fully saturated rings. The van der Waals surface area contributed by atoms with Gasteiger partial charge in [-0.25, -0.2) is 4.68 Å². The van der Waals surface area contributed by atoms with E-state index in [0.717, 1.165) is 21.1 Å². The van der Waals surface area contributed by atoms with Crippen LogP contribution in [0.4, 0.5) is 0 Å². The first kappa shape index (κ1) is 18.9. The Bertz CT molecular complexity index is 1370. The summed E-state index contributed by atoms with van der Waals surface area (Å²) in [6.07, 6.45) is 3.62. The quantitative estimate of drug-likeness (QED) is 0.264. The molecule has 0 saturated heterocycles. The van der Waals surface area contributed by atoms with Crippen molar-refractivity contribution in [1.82, 2.24) is 9.78 Å². The highest BCUT2D eigenvalue weighted by Crippen LogP contribution is 2.37. The average Bonchev–Trinajstić information content (AvgIpc) is 3.39. The number of hydrogen-bond acceptors (Lipinski definition) is 3. The molecule has 0 aliphatic heterocycles. The number of nitrogens with zero attached hydrogens (tertiary/aromatic N) is 2. The van der Waals surface area contributed by atoms with Crippen molar-refractivity contribution in [2.45, 2.75) is 0 Å². The van der Waals surface area contributed by atoms with Gasteiger partial charge in [0.1, 0.15) is 5.58 Å². The molecule has 0 amide bonds. The van der Waals surface area contributed by atoms with E-state index in [-0.39, 0.29) is 11.5 Å². The van der Waals surface area contributed by atoms with Crippen LogP contribution in [0.15, 0.2) is 94.1 Å². The lowest BCUT2D eigenvalue weighted by Crippen LogP contribution is -2.01. The minimum absolute atomic E-state index is 0.197. The third kappa shape index (κ3) is 3.36. The third-order valence-electron chi connectivity index (χ3n) is 4.85. The predicted molar refractivity (Wildman–Crippen MR) is 121 cm³/mol. The van der Waals surface area contributed by atoms with Gasteiger partial charge in [-0.2, -0.15) is 5.10 Å². The van der Waals surface area contributed by atoms with Gasteiger partial charge in [0, 0.05) is 37.8 Å². The van der Waals surface area contributed by atoms with E-state index in [1.807, 2.05) is 54.7 Å². The summed E-state index contributed by atoms with van der Waals surface area (Å²) in [6, 6.07) is 22.3. The molecule has 0 radical (unpaired) electrons. The fraction of sp³-hybridized carbons (Fsp3) is 0. The van der Waals surface area contributed by atoms with Gasteiger partial charge in [-0.05, 0) is 54.6 Å². The van der Waals surface area contributed by atoms with E-state index in [1.54, 1.807) is 35.1 Å². The molecule has 146 valence electrons. The molecule has 0 atom stereocenters. The Morgan fingerprint density at radius 2 is 1.77 bits per heavy atom. The minimum atomic E-state index is -0.197. The first-order chi connectivity index (χ1) is 14.6. The van der Waals surface area contributed by atoms with Crippen LogP contribution in [-0.2, 0) is 0 Å². The second-order valence-corrected chi connectivity index (χ2v) is 8.14. The smallest absolute Gasteiger partial charge is 0.228 e.